The molecule has 0 aliphatic carbocycles. The summed E-state index contributed by atoms with van der Waals surface area (Å²) in [6, 6.07) is 0. The lowest BCUT2D eigenvalue weighted by Gasteiger charge is -2.09. The molecule has 0 N–H and O–H groups in total. The van der Waals surface area contributed by atoms with Crippen molar-refractivity contribution in [2.45, 2.75) is 130 Å². The molecular weight excluding hydrogens is 364 g/mol. The van der Waals surface area contributed by atoms with Crippen molar-refractivity contribution in [3.63, 3.8) is 0 Å². The minimum Gasteiger partial charge on any atom is -0.466 e. The zero-order valence-electron chi connectivity index (χ0n) is 19.6. The normalized spacial score (nSPS) is 12.0. The second kappa shape index (κ2) is 21.6. The van der Waals surface area contributed by atoms with Crippen molar-refractivity contribution < 1.29 is 19.1 Å². The van der Waals surface area contributed by atoms with Crippen molar-refractivity contribution in [3.05, 3.63) is 0 Å². The van der Waals surface area contributed by atoms with Crippen LogP contribution in [0.4, 0.5) is 0 Å². The number of ether oxygens (including phenoxy) is 2. The molecule has 0 radical (unpaired) electrons. The third kappa shape index (κ3) is 21.5. The second-order valence-electron chi connectivity index (χ2n) is 8.49. The van der Waals surface area contributed by atoms with Gasteiger partial charge in [0.15, 0.2) is 0 Å². The zero-order valence-corrected chi connectivity index (χ0v) is 19.6. The third-order valence-corrected chi connectivity index (χ3v) is 5.59. The van der Waals surface area contributed by atoms with E-state index >= 15 is 0 Å². The number of esters is 2. The van der Waals surface area contributed by atoms with Crippen molar-refractivity contribution in [1.82, 2.24) is 0 Å². The number of hydrogen-bond acceptors (Lipinski definition) is 4. The quantitative estimate of drug-likeness (QED) is 0.146. The zero-order chi connectivity index (χ0) is 21.6. The average molecular weight is 413 g/mol. The monoisotopic (exact) mass is 412 g/mol. The van der Waals surface area contributed by atoms with E-state index in [1.807, 2.05) is 0 Å². The molecule has 172 valence electrons. The topological polar surface area (TPSA) is 52.6 Å². The third-order valence-electron chi connectivity index (χ3n) is 5.59. The largest absolute Gasteiger partial charge is 0.466 e. The predicted octanol–water partition coefficient (Wildman–Crippen LogP) is 7.38. The predicted molar refractivity (Wildman–Crippen MR) is 121 cm³/mol. The molecule has 0 spiro atoms. The fourth-order valence-corrected chi connectivity index (χ4v) is 3.23. The molecule has 0 saturated heterocycles. The maximum absolute atomic E-state index is 11.7. The molecule has 1 unspecified atom stereocenters. The van der Waals surface area contributed by atoms with E-state index in [1.54, 1.807) is 0 Å². The van der Waals surface area contributed by atoms with Crippen molar-refractivity contribution >= 4 is 11.9 Å². The summed E-state index contributed by atoms with van der Waals surface area (Å²) >= 11 is 0. The molecule has 29 heavy (non-hydrogen) atoms. The Bertz CT molecular complexity index is 381. The van der Waals surface area contributed by atoms with E-state index in [4.69, 9.17) is 9.47 Å². The van der Waals surface area contributed by atoms with E-state index < -0.39 is 0 Å². The van der Waals surface area contributed by atoms with Gasteiger partial charge in [0.1, 0.15) is 0 Å². The van der Waals surface area contributed by atoms with Gasteiger partial charge in [0, 0.05) is 12.8 Å². The van der Waals surface area contributed by atoms with Crippen LogP contribution in [-0.2, 0) is 19.1 Å². The molecule has 0 aliphatic rings. The second-order valence-corrected chi connectivity index (χ2v) is 8.49. The average Bonchev–Trinajstić information content (AvgIpc) is 2.71. The lowest BCUT2D eigenvalue weighted by atomic mass is 10.1. The molecule has 1 atom stereocenters. The minimum absolute atomic E-state index is 0.194. The molecule has 0 rings (SSSR count). The summed E-state index contributed by atoms with van der Waals surface area (Å²) in [5.74, 6) is 0.181. The Labute approximate surface area is 180 Å². The molecular formula is C25H48O4. The van der Waals surface area contributed by atoms with Gasteiger partial charge in [-0.15, -0.1) is 0 Å². The number of rotatable bonds is 21. The van der Waals surface area contributed by atoms with Crippen LogP contribution in [0.2, 0.25) is 0 Å². The van der Waals surface area contributed by atoms with Gasteiger partial charge in [0.25, 0.3) is 0 Å². The molecule has 0 heterocycles. The van der Waals surface area contributed by atoms with Gasteiger partial charge in [-0.2, -0.15) is 0 Å². The summed E-state index contributed by atoms with van der Waals surface area (Å²) in [6.45, 7) is 7.54. The Morgan fingerprint density at radius 1 is 0.621 bits per heavy atom. The lowest BCUT2D eigenvalue weighted by Crippen LogP contribution is -2.10. The SMILES string of the molecule is CCCCCCCCCCCCCCOC(=O)CCCC(=O)OCCC(C)CC. The smallest absolute Gasteiger partial charge is 0.305 e. The van der Waals surface area contributed by atoms with Crippen LogP contribution in [0.25, 0.3) is 0 Å². The summed E-state index contributed by atoms with van der Waals surface area (Å²) in [4.78, 5) is 23.3. The Morgan fingerprint density at radius 3 is 1.55 bits per heavy atom. The van der Waals surface area contributed by atoms with Gasteiger partial charge < -0.3 is 9.47 Å². The van der Waals surface area contributed by atoms with Crippen LogP contribution in [0.3, 0.4) is 0 Å². The maximum Gasteiger partial charge on any atom is 0.305 e. The molecule has 0 aromatic rings. The summed E-state index contributed by atoms with van der Waals surface area (Å²) in [5.41, 5.74) is 0. The van der Waals surface area contributed by atoms with Crippen LogP contribution < -0.4 is 0 Å². The van der Waals surface area contributed by atoms with Crippen LogP contribution in [0.15, 0.2) is 0 Å². The van der Waals surface area contributed by atoms with Gasteiger partial charge in [-0.05, 0) is 25.2 Å². The Balaban J connectivity index is 3.30. The summed E-state index contributed by atoms with van der Waals surface area (Å²) in [5, 5.41) is 0. The molecule has 0 fully saturated rings. The van der Waals surface area contributed by atoms with Crippen molar-refractivity contribution in [1.29, 1.82) is 0 Å². The van der Waals surface area contributed by atoms with E-state index in [-0.39, 0.29) is 11.9 Å². The number of carbonyl (C=O) groups excluding carboxylic acids is 2. The van der Waals surface area contributed by atoms with Crippen molar-refractivity contribution in [2.24, 2.45) is 5.92 Å². The van der Waals surface area contributed by atoms with E-state index in [1.165, 1.54) is 64.2 Å². The number of unbranched alkanes of at least 4 members (excludes halogenated alkanes) is 11. The first-order valence-electron chi connectivity index (χ1n) is 12.4. The first-order chi connectivity index (χ1) is 14.1. The van der Waals surface area contributed by atoms with E-state index in [0.29, 0.717) is 38.4 Å². The lowest BCUT2D eigenvalue weighted by molar-refractivity contribution is -0.145. The van der Waals surface area contributed by atoms with Gasteiger partial charge in [-0.3, -0.25) is 9.59 Å². The highest BCUT2D eigenvalue weighted by molar-refractivity contribution is 5.72. The Morgan fingerprint density at radius 2 is 1.07 bits per heavy atom. The van der Waals surface area contributed by atoms with E-state index in [9.17, 15) is 9.59 Å². The van der Waals surface area contributed by atoms with Crippen LogP contribution in [0.1, 0.15) is 130 Å². The number of hydrogen-bond donors (Lipinski definition) is 0. The van der Waals surface area contributed by atoms with Crippen LogP contribution in [0.5, 0.6) is 0 Å². The molecule has 0 aliphatic heterocycles. The van der Waals surface area contributed by atoms with Crippen molar-refractivity contribution in [2.75, 3.05) is 13.2 Å². The van der Waals surface area contributed by atoms with Gasteiger partial charge in [-0.1, -0.05) is 97.8 Å². The fraction of sp³-hybridized carbons (Fsp3) is 0.920. The summed E-state index contributed by atoms with van der Waals surface area (Å²) < 4.78 is 10.4. The Hall–Kier alpha value is -1.06. The van der Waals surface area contributed by atoms with Crippen molar-refractivity contribution in [3.8, 4) is 0 Å². The summed E-state index contributed by atoms with van der Waals surface area (Å²) in [6.07, 6.45) is 18.7. The van der Waals surface area contributed by atoms with Crippen LogP contribution >= 0.6 is 0 Å². The Kier molecular flexibility index (Phi) is 20.9. The standard InChI is InChI=1S/C25H48O4/c1-4-6-7-8-9-10-11-12-13-14-15-16-21-28-24(26)18-17-19-25(27)29-22-20-23(3)5-2/h23H,4-22H2,1-3H3. The van der Waals surface area contributed by atoms with E-state index in [2.05, 4.69) is 20.8 Å². The van der Waals surface area contributed by atoms with Gasteiger partial charge in [0.05, 0.1) is 13.2 Å². The van der Waals surface area contributed by atoms with Gasteiger partial charge in [0.2, 0.25) is 0 Å². The first kappa shape index (κ1) is 27.9. The molecule has 0 aromatic carbocycles. The molecule has 4 nitrogen and oxygen atoms in total. The van der Waals surface area contributed by atoms with E-state index in [0.717, 1.165) is 25.7 Å². The maximum atomic E-state index is 11.7. The van der Waals surface area contributed by atoms with Crippen LogP contribution in [0, 0.1) is 5.92 Å². The van der Waals surface area contributed by atoms with Gasteiger partial charge in [-0.25, -0.2) is 0 Å². The molecule has 0 amide bonds. The van der Waals surface area contributed by atoms with Gasteiger partial charge >= 0.3 is 11.9 Å². The fourth-order valence-electron chi connectivity index (χ4n) is 3.23. The molecule has 0 bridgehead atoms. The molecule has 0 saturated carbocycles. The molecule has 4 heteroatoms. The molecule has 0 aromatic heterocycles. The summed E-state index contributed by atoms with van der Waals surface area (Å²) in [7, 11) is 0. The number of carbonyl (C=O) groups is 2. The highest BCUT2D eigenvalue weighted by Crippen LogP contribution is 2.12. The highest BCUT2D eigenvalue weighted by Gasteiger charge is 2.08. The van der Waals surface area contributed by atoms with Crippen LogP contribution in [-0.4, -0.2) is 25.2 Å². The minimum atomic E-state index is -0.206. The highest BCUT2D eigenvalue weighted by atomic mass is 16.5. The first-order valence-corrected chi connectivity index (χ1v) is 12.4.